The molecule has 0 bridgehead atoms. The van der Waals surface area contributed by atoms with Crippen molar-refractivity contribution >= 4 is 6.29 Å². The number of methoxy groups -OCH3 is 1. The fraction of sp³-hybridized carbons (Fsp3) is 0.960. The van der Waals surface area contributed by atoms with Gasteiger partial charge in [-0.3, -0.25) is 0 Å². The first kappa shape index (κ1) is 28.5. The van der Waals surface area contributed by atoms with Crippen molar-refractivity contribution in [2.45, 2.75) is 141 Å². The summed E-state index contributed by atoms with van der Waals surface area (Å²) in [6.07, 6.45) is 21.1. The summed E-state index contributed by atoms with van der Waals surface area (Å²) in [7, 11) is 1.68. The van der Waals surface area contributed by atoms with Crippen molar-refractivity contribution in [2.75, 3.05) is 13.7 Å². The number of carbonyl (C=O) groups is 1. The van der Waals surface area contributed by atoms with E-state index in [2.05, 4.69) is 4.74 Å². The second-order valence-electron chi connectivity index (χ2n) is 8.93. The van der Waals surface area contributed by atoms with E-state index in [0.717, 1.165) is 70.7 Å². The normalized spacial score (nSPS) is 23.8. The second-order valence-corrected chi connectivity index (χ2v) is 8.93. The first-order valence-corrected chi connectivity index (χ1v) is 12.8. The van der Waals surface area contributed by atoms with Gasteiger partial charge in [-0.15, -0.1) is 0 Å². The Labute approximate surface area is 190 Å². The molecule has 0 N–H and O–H groups in total. The first-order valence-electron chi connectivity index (χ1n) is 12.8. The predicted octanol–water partition coefficient (Wildman–Crippen LogP) is 7.20. The van der Waals surface area contributed by atoms with E-state index in [9.17, 15) is 4.79 Å². The van der Waals surface area contributed by atoms with Crippen molar-refractivity contribution in [3.05, 3.63) is 0 Å². The van der Waals surface area contributed by atoms with Gasteiger partial charge < -0.3 is 9.53 Å². The molecular weight excluding hydrogens is 396 g/mol. The van der Waals surface area contributed by atoms with Crippen LogP contribution in [0.2, 0.25) is 0 Å². The van der Waals surface area contributed by atoms with E-state index in [4.69, 9.17) is 19.6 Å². The van der Waals surface area contributed by atoms with Crippen LogP contribution >= 0.6 is 0 Å². The molecule has 0 radical (unpaired) electrons. The Morgan fingerprint density at radius 1 is 0.645 bits per heavy atom. The minimum absolute atomic E-state index is 0.632. The number of hydrogen-bond donors (Lipinski definition) is 0. The van der Waals surface area contributed by atoms with Gasteiger partial charge in [0.15, 0.2) is 0 Å². The molecule has 184 valence electrons. The van der Waals surface area contributed by atoms with Gasteiger partial charge >= 0.3 is 0 Å². The average molecular weight is 445 g/mol. The van der Waals surface area contributed by atoms with E-state index in [1.807, 2.05) is 13.8 Å². The standard InChI is InChI=1S/C18H32O4.C4H8O.C3H8O/c1-2-4-6-9-13-17(14-10-7-5-3-1)19-21-18(22-20-17)15-11-8-12-16-18;1-2-3-4-5;1-3-4-2/h1-16H2;4H,2-3H2,1H3;3H2,1-2H3. The molecule has 2 saturated carbocycles. The lowest BCUT2D eigenvalue weighted by atomic mass is 9.94. The van der Waals surface area contributed by atoms with Crippen LogP contribution in [0.25, 0.3) is 0 Å². The van der Waals surface area contributed by atoms with Gasteiger partial charge in [-0.25, -0.2) is 0 Å². The number of ether oxygens (including phenoxy) is 1. The molecular formula is C25H48O6. The van der Waals surface area contributed by atoms with Crippen LogP contribution in [0, 0.1) is 0 Å². The minimum Gasteiger partial charge on any atom is -0.385 e. The zero-order chi connectivity index (χ0) is 22.7. The molecule has 3 rings (SSSR count). The number of unbranched alkanes of at least 4 members (excludes halogenated alkanes) is 1. The Morgan fingerprint density at radius 3 is 1.16 bits per heavy atom. The van der Waals surface area contributed by atoms with E-state index >= 15 is 0 Å². The Morgan fingerprint density at radius 2 is 0.935 bits per heavy atom. The van der Waals surface area contributed by atoms with Crippen molar-refractivity contribution in [1.29, 1.82) is 0 Å². The molecule has 3 aliphatic rings. The fourth-order valence-electron chi connectivity index (χ4n) is 4.02. The number of hydrogen-bond acceptors (Lipinski definition) is 6. The highest BCUT2D eigenvalue weighted by molar-refractivity contribution is 5.48. The summed E-state index contributed by atoms with van der Waals surface area (Å²) in [6, 6.07) is 0. The fourth-order valence-corrected chi connectivity index (χ4v) is 4.02. The smallest absolute Gasteiger partial charge is 0.234 e. The summed E-state index contributed by atoms with van der Waals surface area (Å²) in [6.45, 7) is 4.76. The van der Waals surface area contributed by atoms with Crippen LogP contribution < -0.4 is 0 Å². The van der Waals surface area contributed by atoms with E-state index in [0.29, 0.717) is 6.42 Å². The van der Waals surface area contributed by atoms with Gasteiger partial charge in [-0.2, -0.15) is 19.6 Å². The Kier molecular flexibility index (Phi) is 16.5. The lowest BCUT2D eigenvalue weighted by Crippen LogP contribution is -2.51. The zero-order valence-electron chi connectivity index (χ0n) is 20.5. The second kappa shape index (κ2) is 18.0. The minimum atomic E-state index is -0.665. The molecule has 31 heavy (non-hydrogen) atoms. The van der Waals surface area contributed by atoms with Crippen molar-refractivity contribution in [2.24, 2.45) is 0 Å². The summed E-state index contributed by atoms with van der Waals surface area (Å²) in [5, 5.41) is 0. The van der Waals surface area contributed by atoms with Crippen molar-refractivity contribution in [3.63, 3.8) is 0 Å². The third-order valence-electron chi connectivity index (χ3n) is 6.12. The molecule has 1 heterocycles. The maximum Gasteiger partial charge on any atom is 0.234 e. The van der Waals surface area contributed by atoms with Gasteiger partial charge in [0.05, 0.1) is 0 Å². The molecule has 6 heteroatoms. The van der Waals surface area contributed by atoms with Gasteiger partial charge in [-0.05, 0) is 39.0 Å². The summed E-state index contributed by atoms with van der Waals surface area (Å²) in [5.41, 5.74) is 0. The number of rotatable bonds is 3. The van der Waals surface area contributed by atoms with Gasteiger partial charge in [0.25, 0.3) is 0 Å². The highest BCUT2D eigenvalue weighted by Gasteiger charge is 2.48. The molecule has 2 spiro atoms. The Hall–Kier alpha value is -0.530. The lowest BCUT2D eigenvalue weighted by molar-refractivity contribution is -0.661. The molecule has 1 aliphatic heterocycles. The van der Waals surface area contributed by atoms with E-state index < -0.39 is 11.6 Å². The van der Waals surface area contributed by atoms with E-state index in [1.165, 1.54) is 51.4 Å². The van der Waals surface area contributed by atoms with Gasteiger partial charge in [-0.1, -0.05) is 58.3 Å². The molecule has 0 aromatic heterocycles. The van der Waals surface area contributed by atoms with Crippen LogP contribution in [-0.4, -0.2) is 31.6 Å². The molecule has 1 saturated heterocycles. The molecule has 6 nitrogen and oxygen atoms in total. The maximum absolute atomic E-state index is 9.40. The Balaban J connectivity index is 0.000000454. The topological polar surface area (TPSA) is 63.2 Å². The van der Waals surface area contributed by atoms with Gasteiger partial charge in [0.1, 0.15) is 6.29 Å². The number of aldehydes is 1. The highest BCUT2D eigenvalue weighted by atomic mass is 17.4. The van der Waals surface area contributed by atoms with E-state index in [1.54, 1.807) is 7.11 Å². The van der Waals surface area contributed by atoms with Crippen molar-refractivity contribution < 1.29 is 29.1 Å². The van der Waals surface area contributed by atoms with Crippen LogP contribution in [0.15, 0.2) is 0 Å². The SMILES string of the molecule is C1CCCCCC2(CCCCC1)OOC1(CCCCC1)OO2.CCCC=O.CCOC. The molecule has 0 atom stereocenters. The quantitative estimate of drug-likeness (QED) is 0.339. The predicted molar refractivity (Wildman–Crippen MR) is 122 cm³/mol. The highest BCUT2D eigenvalue weighted by Crippen LogP contribution is 2.42. The molecule has 3 fully saturated rings. The summed E-state index contributed by atoms with van der Waals surface area (Å²) in [5.74, 6) is -1.30. The third kappa shape index (κ3) is 12.3. The lowest BCUT2D eigenvalue weighted by Gasteiger charge is -2.44. The maximum atomic E-state index is 9.40. The molecule has 0 aromatic carbocycles. The van der Waals surface area contributed by atoms with Gasteiger partial charge in [0, 0.05) is 45.8 Å². The van der Waals surface area contributed by atoms with Crippen molar-refractivity contribution in [3.8, 4) is 0 Å². The van der Waals surface area contributed by atoms with Crippen LogP contribution in [0.4, 0.5) is 0 Å². The molecule has 0 aromatic rings. The zero-order valence-corrected chi connectivity index (χ0v) is 20.5. The number of carbonyl (C=O) groups excluding carboxylic acids is 1. The monoisotopic (exact) mass is 444 g/mol. The third-order valence-corrected chi connectivity index (χ3v) is 6.12. The Bertz CT molecular complexity index is 396. The first-order chi connectivity index (χ1) is 15.2. The summed E-state index contributed by atoms with van der Waals surface area (Å²) >= 11 is 0. The van der Waals surface area contributed by atoms with Crippen LogP contribution in [0.5, 0.6) is 0 Å². The van der Waals surface area contributed by atoms with Crippen molar-refractivity contribution in [1.82, 2.24) is 0 Å². The summed E-state index contributed by atoms with van der Waals surface area (Å²) in [4.78, 5) is 32.7. The van der Waals surface area contributed by atoms with Gasteiger partial charge in [0.2, 0.25) is 11.6 Å². The van der Waals surface area contributed by atoms with E-state index in [-0.39, 0.29) is 0 Å². The molecule has 0 amide bonds. The van der Waals surface area contributed by atoms with Crippen LogP contribution in [0.3, 0.4) is 0 Å². The molecule has 0 unspecified atom stereocenters. The van der Waals surface area contributed by atoms with Crippen LogP contribution in [-0.2, 0) is 29.1 Å². The largest absolute Gasteiger partial charge is 0.385 e. The molecule has 2 aliphatic carbocycles. The van der Waals surface area contributed by atoms with Crippen LogP contribution in [0.1, 0.15) is 129 Å². The average Bonchev–Trinajstić information content (AvgIpc) is 2.80. The summed E-state index contributed by atoms with van der Waals surface area (Å²) < 4.78 is 4.54.